The summed E-state index contributed by atoms with van der Waals surface area (Å²) < 4.78 is 15.3. The van der Waals surface area contributed by atoms with Crippen molar-refractivity contribution in [3.8, 4) is 0 Å². The van der Waals surface area contributed by atoms with Crippen molar-refractivity contribution in [1.29, 1.82) is 0 Å². The summed E-state index contributed by atoms with van der Waals surface area (Å²) in [6.07, 6.45) is -0.522. The highest BCUT2D eigenvalue weighted by Crippen LogP contribution is 2.21. The van der Waals surface area contributed by atoms with Crippen LogP contribution in [0.2, 0.25) is 0 Å². The number of carbonyl (C=O) groups is 1. The first-order valence-electron chi connectivity index (χ1n) is 5.17. The van der Waals surface area contributed by atoms with Gasteiger partial charge in [-0.25, -0.2) is 4.79 Å². The molecule has 0 saturated carbocycles. The summed E-state index contributed by atoms with van der Waals surface area (Å²) in [4.78, 5) is 11.6. The predicted octanol–water partition coefficient (Wildman–Crippen LogP) is 1.32. The van der Waals surface area contributed by atoms with E-state index < -0.39 is 6.10 Å². The minimum absolute atomic E-state index is 0.135. The van der Waals surface area contributed by atoms with E-state index in [-0.39, 0.29) is 12.1 Å². The Morgan fingerprint density at radius 3 is 2.75 bits per heavy atom. The molecule has 2 unspecified atom stereocenters. The van der Waals surface area contributed by atoms with E-state index >= 15 is 0 Å². The number of epoxide rings is 1. The maximum absolute atomic E-state index is 11.6. The molecule has 2 rings (SSSR count). The average molecular weight is 222 g/mol. The van der Waals surface area contributed by atoms with Crippen molar-refractivity contribution in [2.45, 2.75) is 12.2 Å². The molecule has 1 heterocycles. The van der Waals surface area contributed by atoms with E-state index in [2.05, 4.69) is 0 Å². The maximum Gasteiger partial charge on any atom is 0.339 e. The highest BCUT2D eigenvalue weighted by molar-refractivity contribution is 5.76. The number of esters is 1. The minimum atomic E-state index is -0.657. The van der Waals surface area contributed by atoms with E-state index in [0.29, 0.717) is 13.2 Å². The molecule has 16 heavy (non-hydrogen) atoms. The molecule has 0 radical (unpaired) electrons. The van der Waals surface area contributed by atoms with Gasteiger partial charge in [-0.2, -0.15) is 0 Å². The number of carbonyl (C=O) groups excluding carboxylic acids is 1. The van der Waals surface area contributed by atoms with Crippen LogP contribution in [0.15, 0.2) is 30.3 Å². The molecular formula is C12H14O4. The maximum atomic E-state index is 11.6. The van der Waals surface area contributed by atoms with Gasteiger partial charge >= 0.3 is 5.97 Å². The van der Waals surface area contributed by atoms with Crippen molar-refractivity contribution < 1.29 is 19.0 Å². The van der Waals surface area contributed by atoms with Crippen LogP contribution in [0, 0.1) is 0 Å². The van der Waals surface area contributed by atoms with Gasteiger partial charge < -0.3 is 14.2 Å². The van der Waals surface area contributed by atoms with E-state index in [9.17, 15) is 4.79 Å². The quantitative estimate of drug-likeness (QED) is 0.557. The third-order valence-electron chi connectivity index (χ3n) is 2.37. The molecule has 0 spiro atoms. The van der Waals surface area contributed by atoms with Gasteiger partial charge in [0.05, 0.1) is 20.3 Å². The normalized spacial score (nSPS) is 20.2. The second-order valence-corrected chi connectivity index (χ2v) is 3.60. The van der Waals surface area contributed by atoms with Crippen molar-refractivity contribution in [2.75, 3.05) is 20.3 Å². The zero-order chi connectivity index (χ0) is 11.4. The van der Waals surface area contributed by atoms with Crippen molar-refractivity contribution in [3.63, 3.8) is 0 Å². The highest BCUT2D eigenvalue weighted by Gasteiger charge is 2.28. The fraction of sp³-hybridized carbons (Fsp3) is 0.417. The fourth-order valence-electron chi connectivity index (χ4n) is 1.40. The summed E-state index contributed by atoms with van der Waals surface area (Å²) in [6, 6.07) is 9.30. The van der Waals surface area contributed by atoms with Gasteiger partial charge in [0, 0.05) is 0 Å². The van der Waals surface area contributed by atoms with Gasteiger partial charge in [0.1, 0.15) is 6.10 Å². The second kappa shape index (κ2) is 5.09. The number of hydrogen-bond acceptors (Lipinski definition) is 4. The molecule has 1 aliphatic heterocycles. The van der Waals surface area contributed by atoms with Crippen LogP contribution >= 0.6 is 0 Å². The molecular weight excluding hydrogens is 208 g/mol. The zero-order valence-corrected chi connectivity index (χ0v) is 9.09. The third-order valence-corrected chi connectivity index (χ3v) is 2.37. The van der Waals surface area contributed by atoms with Crippen LogP contribution in [0.4, 0.5) is 0 Å². The van der Waals surface area contributed by atoms with E-state index in [1.165, 1.54) is 7.11 Å². The minimum Gasteiger partial charge on any atom is -0.467 e. The Kier molecular flexibility index (Phi) is 3.54. The Labute approximate surface area is 94.1 Å². The van der Waals surface area contributed by atoms with Crippen LogP contribution in [0.25, 0.3) is 0 Å². The Balaban J connectivity index is 2.03. The SMILES string of the molecule is COC(=O)C(OCC1CO1)c1ccccc1. The van der Waals surface area contributed by atoms with Gasteiger partial charge in [-0.1, -0.05) is 30.3 Å². The van der Waals surface area contributed by atoms with Crippen LogP contribution < -0.4 is 0 Å². The van der Waals surface area contributed by atoms with Gasteiger partial charge in [0.2, 0.25) is 0 Å². The van der Waals surface area contributed by atoms with Gasteiger partial charge in [0.25, 0.3) is 0 Å². The largest absolute Gasteiger partial charge is 0.467 e. The Bertz CT molecular complexity index is 345. The molecule has 1 fully saturated rings. The summed E-state index contributed by atoms with van der Waals surface area (Å²) >= 11 is 0. The first-order valence-corrected chi connectivity index (χ1v) is 5.17. The molecule has 0 amide bonds. The van der Waals surface area contributed by atoms with Crippen LogP contribution in [-0.4, -0.2) is 32.4 Å². The van der Waals surface area contributed by atoms with Crippen molar-refractivity contribution in [2.24, 2.45) is 0 Å². The van der Waals surface area contributed by atoms with E-state index in [1.54, 1.807) is 0 Å². The molecule has 0 aliphatic carbocycles. The van der Waals surface area contributed by atoms with Gasteiger partial charge in [-0.15, -0.1) is 0 Å². The summed E-state index contributed by atoms with van der Waals surface area (Å²) in [7, 11) is 1.36. The lowest BCUT2D eigenvalue weighted by Gasteiger charge is -2.15. The van der Waals surface area contributed by atoms with Crippen LogP contribution in [0.1, 0.15) is 11.7 Å². The molecule has 1 aromatic carbocycles. The number of ether oxygens (including phenoxy) is 3. The van der Waals surface area contributed by atoms with Gasteiger partial charge in [-0.3, -0.25) is 0 Å². The monoisotopic (exact) mass is 222 g/mol. The van der Waals surface area contributed by atoms with Crippen molar-refractivity contribution >= 4 is 5.97 Å². The molecule has 0 N–H and O–H groups in total. The first-order chi connectivity index (χ1) is 7.81. The summed E-state index contributed by atoms with van der Waals surface area (Å²) in [5.74, 6) is -0.383. The molecule has 1 aromatic rings. The standard InChI is InChI=1S/C12H14O4/c1-14-12(13)11(16-8-10-7-15-10)9-5-3-2-4-6-9/h2-6,10-11H,7-8H2,1H3. The molecule has 0 aromatic heterocycles. The lowest BCUT2D eigenvalue weighted by molar-refractivity contribution is -0.155. The Morgan fingerprint density at radius 2 is 2.19 bits per heavy atom. The number of hydrogen-bond donors (Lipinski definition) is 0. The first kappa shape index (κ1) is 11.1. The summed E-state index contributed by atoms with van der Waals surface area (Å²) in [6.45, 7) is 1.14. The van der Waals surface area contributed by atoms with Gasteiger partial charge in [0.15, 0.2) is 6.10 Å². The van der Waals surface area contributed by atoms with Gasteiger partial charge in [-0.05, 0) is 5.56 Å². The molecule has 4 nitrogen and oxygen atoms in total. The molecule has 0 bridgehead atoms. The van der Waals surface area contributed by atoms with Crippen molar-refractivity contribution in [1.82, 2.24) is 0 Å². The second-order valence-electron chi connectivity index (χ2n) is 3.60. The molecule has 1 saturated heterocycles. The van der Waals surface area contributed by atoms with Crippen LogP contribution in [0.5, 0.6) is 0 Å². The summed E-state index contributed by atoms with van der Waals surface area (Å²) in [5, 5.41) is 0. The van der Waals surface area contributed by atoms with Crippen LogP contribution in [-0.2, 0) is 19.0 Å². The molecule has 1 aliphatic rings. The van der Waals surface area contributed by atoms with E-state index in [0.717, 1.165) is 5.56 Å². The number of methoxy groups -OCH3 is 1. The highest BCUT2D eigenvalue weighted by atomic mass is 16.6. The van der Waals surface area contributed by atoms with E-state index in [4.69, 9.17) is 14.2 Å². The predicted molar refractivity (Wildman–Crippen MR) is 56.9 cm³/mol. The smallest absolute Gasteiger partial charge is 0.339 e. The third kappa shape index (κ3) is 2.81. The summed E-state index contributed by atoms with van der Waals surface area (Å²) in [5.41, 5.74) is 0.801. The zero-order valence-electron chi connectivity index (χ0n) is 9.09. The Morgan fingerprint density at radius 1 is 1.50 bits per heavy atom. The molecule has 2 atom stereocenters. The number of rotatable bonds is 5. The van der Waals surface area contributed by atoms with Crippen LogP contribution in [0.3, 0.4) is 0 Å². The van der Waals surface area contributed by atoms with E-state index in [1.807, 2.05) is 30.3 Å². The Hall–Kier alpha value is -1.39. The molecule has 86 valence electrons. The molecule has 4 heteroatoms. The lowest BCUT2D eigenvalue weighted by atomic mass is 10.1. The van der Waals surface area contributed by atoms with Crippen molar-refractivity contribution in [3.05, 3.63) is 35.9 Å². The fourth-order valence-corrected chi connectivity index (χ4v) is 1.40. The number of benzene rings is 1. The topological polar surface area (TPSA) is 48.1 Å². The average Bonchev–Trinajstić information content (AvgIpc) is 3.14. The lowest BCUT2D eigenvalue weighted by Crippen LogP contribution is -2.19.